The Kier molecular flexibility index (Phi) is 7.86. The summed E-state index contributed by atoms with van der Waals surface area (Å²) in [5, 5.41) is 132. The summed E-state index contributed by atoms with van der Waals surface area (Å²) >= 11 is 0. The Balaban J connectivity index is 2.32. The third-order valence-electron chi connectivity index (χ3n) is 5.29. The van der Waals surface area contributed by atoms with E-state index in [1.54, 1.807) is 0 Å². The molecule has 0 amide bonds. The largest absolute Gasteiger partial charge is 0.504 e. The molecule has 0 aliphatic carbocycles. The second-order valence-electron chi connectivity index (χ2n) is 7.78. The first kappa shape index (κ1) is 29.4. The highest BCUT2D eigenvalue weighted by Gasteiger charge is 2.51. The van der Waals surface area contributed by atoms with Crippen molar-refractivity contribution in [2.75, 3.05) is 27.4 Å². The molecule has 0 heterocycles. The highest BCUT2D eigenvalue weighted by atomic mass is 16.6. The van der Waals surface area contributed by atoms with Crippen molar-refractivity contribution in [3.05, 3.63) is 11.1 Å². The van der Waals surface area contributed by atoms with Crippen LogP contribution in [0.25, 0.3) is 0 Å². The van der Waals surface area contributed by atoms with Gasteiger partial charge in [0.2, 0.25) is 40.3 Å². The molecule has 0 aromatic heterocycles. The van der Waals surface area contributed by atoms with Crippen LogP contribution in [0.1, 0.15) is 11.1 Å². The van der Waals surface area contributed by atoms with E-state index in [0.29, 0.717) is 0 Å². The maximum atomic E-state index is 10.4. The first-order valence-corrected chi connectivity index (χ1v) is 9.94. The van der Waals surface area contributed by atoms with Crippen LogP contribution >= 0.6 is 0 Å². The lowest BCUT2D eigenvalue weighted by Gasteiger charge is -2.37. The van der Waals surface area contributed by atoms with Crippen LogP contribution < -0.4 is 19.5 Å². The van der Waals surface area contributed by atoms with E-state index in [1.807, 2.05) is 0 Å². The zero-order valence-corrected chi connectivity index (χ0v) is 19.5. The summed E-state index contributed by atoms with van der Waals surface area (Å²) in [6.45, 7) is -1.98. The molecule has 0 saturated carbocycles. The fraction of sp³-hybridized carbons (Fsp3) is 0.400. The first-order valence-electron chi connectivity index (χ1n) is 9.94. The molecule has 0 radical (unpaired) electrons. The summed E-state index contributed by atoms with van der Waals surface area (Å²) in [6, 6.07) is 0. The van der Waals surface area contributed by atoms with E-state index in [1.165, 1.54) is 5.32 Å². The topological polar surface area (TPSA) is 303 Å². The minimum atomic E-state index is -3.88. The van der Waals surface area contributed by atoms with E-state index >= 15 is 0 Å². The molecule has 0 unspecified atom stereocenters. The standard InChI is InChI=1S/C20H27NO16/c1-6-8(22)12(26)14(28)15(9(6)23)37-5-19(31,32)20(33,34)21-4-18(29,30)7-10(24)13(27)17(36-3)16(35-2)11(7)25/h21-34H,4-5H2,1-3H3. The summed E-state index contributed by atoms with van der Waals surface area (Å²) in [5.41, 5.74) is -1.61. The molecule has 208 valence electrons. The highest BCUT2D eigenvalue weighted by molar-refractivity contribution is 5.70. The molecule has 2 aromatic carbocycles. The number of aliphatic hydroxyl groups is 6. The number of benzene rings is 2. The van der Waals surface area contributed by atoms with Crippen LogP contribution in [0.5, 0.6) is 57.5 Å². The highest BCUT2D eigenvalue weighted by Crippen LogP contribution is 2.54. The van der Waals surface area contributed by atoms with Crippen molar-refractivity contribution in [3.63, 3.8) is 0 Å². The normalized spacial score (nSPS) is 12.5. The van der Waals surface area contributed by atoms with Gasteiger partial charge in [-0.05, 0) is 6.92 Å². The smallest absolute Gasteiger partial charge is 0.283 e. The van der Waals surface area contributed by atoms with Gasteiger partial charge < -0.3 is 80.6 Å². The third kappa shape index (κ3) is 5.04. The van der Waals surface area contributed by atoms with Gasteiger partial charge in [0.25, 0.3) is 11.7 Å². The third-order valence-corrected chi connectivity index (χ3v) is 5.29. The molecular weight excluding hydrogens is 510 g/mol. The number of aromatic hydroxyl groups is 7. The van der Waals surface area contributed by atoms with E-state index in [9.17, 15) is 66.4 Å². The van der Waals surface area contributed by atoms with Crippen LogP contribution in [0.3, 0.4) is 0 Å². The van der Waals surface area contributed by atoms with Gasteiger partial charge in [-0.15, -0.1) is 0 Å². The summed E-state index contributed by atoms with van der Waals surface area (Å²) in [7, 11) is 2.02. The predicted molar refractivity (Wildman–Crippen MR) is 116 cm³/mol. The van der Waals surface area contributed by atoms with Crippen LogP contribution in [0.15, 0.2) is 0 Å². The molecule has 2 aromatic rings. The van der Waals surface area contributed by atoms with E-state index in [0.717, 1.165) is 21.1 Å². The molecule has 0 saturated heterocycles. The Morgan fingerprint density at radius 1 is 0.622 bits per heavy atom. The summed E-state index contributed by atoms with van der Waals surface area (Å²) in [4.78, 5) is 0. The van der Waals surface area contributed by atoms with E-state index in [4.69, 9.17) is 14.2 Å². The number of phenols is 7. The lowest BCUT2D eigenvalue weighted by Crippen LogP contribution is -2.67. The molecule has 17 nitrogen and oxygen atoms in total. The van der Waals surface area contributed by atoms with Crippen LogP contribution in [0.4, 0.5) is 0 Å². The van der Waals surface area contributed by atoms with Crippen molar-refractivity contribution in [2.45, 2.75) is 24.4 Å². The maximum Gasteiger partial charge on any atom is 0.283 e. The molecule has 0 aliphatic heterocycles. The van der Waals surface area contributed by atoms with Crippen molar-refractivity contribution in [1.82, 2.24) is 5.32 Å². The molecule has 0 spiro atoms. The molecular formula is C20H27NO16. The molecule has 17 heteroatoms. The quantitative estimate of drug-likeness (QED) is 0.0819. The number of rotatable bonds is 10. The maximum absolute atomic E-state index is 10.4. The van der Waals surface area contributed by atoms with Gasteiger partial charge in [0, 0.05) is 5.56 Å². The second kappa shape index (κ2) is 9.90. The summed E-state index contributed by atoms with van der Waals surface area (Å²) in [6.07, 6.45) is 0. The number of phenolic OH excluding ortho intramolecular Hbond substituents is 7. The summed E-state index contributed by atoms with van der Waals surface area (Å²) < 4.78 is 14.3. The van der Waals surface area contributed by atoms with Gasteiger partial charge in [-0.2, -0.15) is 0 Å². The SMILES string of the molecule is COc1c(O)c(O)c(C(O)(O)CNC(O)(O)C(O)(O)COc2c(O)c(C)c(O)c(O)c2O)c(O)c1OC. The number of methoxy groups -OCH3 is 2. The zero-order chi connectivity index (χ0) is 28.7. The molecule has 0 fully saturated rings. The van der Waals surface area contributed by atoms with E-state index in [-0.39, 0.29) is 0 Å². The number of ether oxygens (including phenoxy) is 3. The van der Waals surface area contributed by atoms with Crippen molar-refractivity contribution in [2.24, 2.45) is 0 Å². The molecule has 0 bridgehead atoms. The Morgan fingerprint density at radius 2 is 1.11 bits per heavy atom. The van der Waals surface area contributed by atoms with Crippen LogP contribution in [0, 0.1) is 6.92 Å². The van der Waals surface area contributed by atoms with Crippen LogP contribution in [-0.2, 0) is 5.79 Å². The van der Waals surface area contributed by atoms with Crippen molar-refractivity contribution < 1.29 is 80.6 Å². The van der Waals surface area contributed by atoms with Gasteiger partial charge in [0.15, 0.2) is 23.0 Å². The van der Waals surface area contributed by atoms with Gasteiger partial charge >= 0.3 is 0 Å². The predicted octanol–water partition coefficient (Wildman–Crippen LogP) is -2.92. The zero-order valence-electron chi connectivity index (χ0n) is 19.5. The molecule has 14 N–H and O–H groups in total. The molecule has 37 heavy (non-hydrogen) atoms. The monoisotopic (exact) mass is 537 g/mol. The Bertz CT molecular complexity index is 1150. The summed E-state index contributed by atoms with van der Waals surface area (Å²) in [5.74, 6) is -21.2. The van der Waals surface area contributed by atoms with Crippen molar-refractivity contribution in [1.29, 1.82) is 0 Å². The fourth-order valence-corrected chi connectivity index (χ4v) is 3.10. The number of hydrogen-bond acceptors (Lipinski definition) is 17. The van der Waals surface area contributed by atoms with E-state index < -0.39 is 99.3 Å². The molecule has 2 rings (SSSR count). The number of nitrogens with one attached hydrogen (secondary N) is 1. The van der Waals surface area contributed by atoms with Crippen molar-refractivity contribution in [3.8, 4) is 57.5 Å². The van der Waals surface area contributed by atoms with Crippen LogP contribution in [-0.4, -0.2) is 105 Å². The van der Waals surface area contributed by atoms with Gasteiger partial charge in [-0.25, -0.2) is 0 Å². The Hall–Kier alpha value is -3.84. The lowest BCUT2D eigenvalue weighted by molar-refractivity contribution is -0.380. The van der Waals surface area contributed by atoms with Gasteiger partial charge in [0.1, 0.15) is 12.2 Å². The minimum absolute atomic E-state index is 0.396. The second-order valence-corrected chi connectivity index (χ2v) is 7.78. The Morgan fingerprint density at radius 3 is 1.62 bits per heavy atom. The van der Waals surface area contributed by atoms with Gasteiger partial charge in [0.05, 0.1) is 20.8 Å². The Labute approximate surface area is 207 Å². The van der Waals surface area contributed by atoms with E-state index in [2.05, 4.69) is 0 Å². The lowest BCUT2D eigenvalue weighted by atomic mass is 10.0. The van der Waals surface area contributed by atoms with Gasteiger partial charge in [-0.1, -0.05) is 0 Å². The average Bonchev–Trinajstić information content (AvgIpc) is 2.82. The van der Waals surface area contributed by atoms with Gasteiger partial charge in [-0.3, -0.25) is 5.32 Å². The fourth-order valence-electron chi connectivity index (χ4n) is 3.10. The minimum Gasteiger partial charge on any atom is -0.504 e. The average molecular weight is 537 g/mol. The number of hydrogen-bond donors (Lipinski definition) is 14. The first-order chi connectivity index (χ1) is 16.9. The van der Waals surface area contributed by atoms with Crippen LogP contribution in [0.2, 0.25) is 0 Å². The molecule has 0 aliphatic rings. The molecule has 0 atom stereocenters. The van der Waals surface area contributed by atoms with Crippen molar-refractivity contribution >= 4 is 0 Å².